The van der Waals surface area contributed by atoms with Crippen molar-refractivity contribution in [2.75, 3.05) is 0 Å². The van der Waals surface area contributed by atoms with Gasteiger partial charge in [0.2, 0.25) is 0 Å². The lowest BCUT2D eigenvalue weighted by molar-refractivity contribution is 0.505. The molecule has 0 saturated heterocycles. The van der Waals surface area contributed by atoms with Gasteiger partial charge in [0.25, 0.3) is 5.56 Å². The number of halogens is 3. The monoisotopic (exact) mass is 517 g/mol. The van der Waals surface area contributed by atoms with E-state index in [2.05, 4.69) is 21.0 Å². The summed E-state index contributed by atoms with van der Waals surface area (Å²) in [5, 5.41) is 5.93. The summed E-state index contributed by atoms with van der Waals surface area (Å²) in [6.45, 7) is 5.96. The second-order valence-electron chi connectivity index (χ2n) is 8.03. The molecule has 0 aliphatic heterocycles. The van der Waals surface area contributed by atoms with Crippen LogP contribution in [0.3, 0.4) is 0 Å². The number of nitrogens with zero attached hydrogens (tertiary/aromatic N) is 3. The van der Waals surface area contributed by atoms with Crippen molar-refractivity contribution >= 4 is 56.2 Å². The van der Waals surface area contributed by atoms with Gasteiger partial charge in [-0.3, -0.25) is 4.79 Å². The van der Waals surface area contributed by atoms with Crippen LogP contribution in [0.15, 0.2) is 67.3 Å². The zero-order valence-corrected chi connectivity index (χ0v) is 20.1. The highest BCUT2D eigenvalue weighted by atomic mass is 79.9. The van der Waals surface area contributed by atoms with E-state index in [4.69, 9.17) is 32.6 Å². The molecule has 8 heteroatoms. The molecule has 0 aliphatic carbocycles. The van der Waals surface area contributed by atoms with E-state index >= 15 is 0 Å². The summed E-state index contributed by atoms with van der Waals surface area (Å²) in [6.07, 6.45) is 1.50. The molecule has 0 saturated carbocycles. The Labute approximate surface area is 197 Å². The Morgan fingerprint density at radius 1 is 1.10 bits per heavy atom. The van der Waals surface area contributed by atoms with Crippen LogP contribution in [0.4, 0.5) is 0 Å². The van der Waals surface area contributed by atoms with Crippen molar-refractivity contribution in [3.8, 4) is 11.3 Å². The maximum absolute atomic E-state index is 13.2. The first-order chi connectivity index (χ1) is 14.6. The number of rotatable bonds is 3. The molecule has 0 atom stereocenters. The van der Waals surface area contributed by atoms with Gasteiger partial charge in [-0.15, -0.1) is 0 Å². The van der Waals surface area contributed by atoms with Crippen molar-refractivity contribution in [1.29, 1.82) is 0 Å². The highest BCUT2D eigenvalue weighted by Crippen LogP contribution is 2.31. The molecule has 0 radical (unpaired) electrons. The van der Waals surface area contributed by atoms with Crippen molar-refractivity contribution in [2.45, 2.75) is 26.2 Å². The minimum atomic E-state index is -0.400. The second-order valence-corrected chi connectivity index (χ2v) is 9.79. The average Bonchev–Trinajstić information content (AvgIpc) is 3.15. The number of hydrogen-bond acceptors (Lipinski definition) is 4. The second kappa shape index (κ2) is 8.26. The van der Waals surface area contributed by atoms with Crippen LogP contribution in [0.1, 0.15) is 32.4 Å². The van der Waals surface area contributed by atoms with Crippen molar-refractivity contribution < 1.29 is 4.42 Å². The minimum absolute atomic E-state index is 0.250. The molecule has 31 heavy (non-hydrogen) atoms. The highest BCUT2D eigenvalue weighted by Gasteiger charge is 2.23. The van der Waals surface area contributed by atoms with Crippen LogP contribution in [-0.4, -0.2) is 15.9 Å². The predicted octanol–water partition coefficient (Wildman–Crippen LogP) is 6.91. The van der Waals surface area contributed by atoms with Crippen LogP contribution in [0, 0.1) is 0 Å². The Kier molecular flexibility index (Phi) is 5.81. The van der Waals surface area contributed by atoms with Crippen LogP contribution in [0.2, 0.25) is 10.0 Å². The third kappa shape index (κ3) is 4.47. The van der Waals surface area contributed by atoms with E-state index in [9.17, 15) is 4.79 Å². The largest absolute Gasteiger partial charge is 0.455 e. The van der Waals surface area contributed by atoms with Gasteiger partial charge in [-0.05, 0) is 48.5 Å². The first kappa shape index (κ1) is 21.8. The van der Waals surface area contributed by atoms with Crippen LogP contribution < -0.4 is 5.56 Å². The van der Waals surface area contributed by atoms with Crippen LogP contribution in [-0.2, 0) is 5.41 Å². The third-order valence-corrected chi connectivity index (χ3v) is 5.64. The van der Waals surface area contributed by atoms with E-state index in [1.165, 1.54) is 10.9 Å². The molecule has 2 heterocycles. The Morgan fingerprint density at radius 2 is 1.87 bits per heavy atom. The van der Waals surface area contributed by atoms with Gasteiger partial charge in [0.1, 0.15) is 17.3 Å². The zero-order valence-electron chi connectivity index (χ0n) is 17.0. The van der Waals surface area contributed by atoms with Crippen molar-refractivity contribution in [1.82, 2.24) is 9.66 Å². The van der Waals surface area contributed by atoms with Gasteiger partial charge in [0.15, 0.2) is 0 Å². The van der Waals surface area contributed by atoms with Gasteiger partial charge < -0.3 is 4.42 Å². The van der Waals surface area contributed by atoms with E-state index in [0.29, 0.717) is 38.3 Å². The van der Waals surface area contributed by atoms with Gasteiger partial charge in [0, 0.05) is 20.5 Å². The van der Waals surface area contributed by atoms with Crippen LogP contribution in [0.25, 0.3) is 22.2 Å². The smallest absolute Gasteiger partial charge is 0.282 e. The molecule has 2 aromatic heterocycles. The standard InChI is InChI=1S/C23H18BrCl2N3O2/c1-23(2,3)22-28-19-8-4-13(24)10-17(19)21(30)29(22)27-12-15-6-9-20(31-15)16-7-5-14(25)11-18(16)26/h4-12H,1-3H3. The molecule has 0 amide bonds. The Bertz CT molecular complexity index is 1380. The number of hydrogen-bond donors (Lipinski definition) is 0. The molecule has 4 aromatic rings. The van der Waals surface area contributed by atoms with Crippen LogP contribution in [0.5, 0.6) is 0 Å². The molecule has 0 N–H and O–H groups in total. The molecule has 0 bridgehead atoms. The van der Waals surface area contributed by atoms with Crippen molar-refractivity contribution in [3.63, 3.8) is 0 Å². The average molecular weight is 519 g/mol. The summed E-state index contributed by atoms with van der Waals surface area (Å²) < 4.78 is 7.99. The SMILES string of the molecule is CC(C)(C)c1nc2ccc(Br)cc2c(=O)n1N=Cc1ccc(-c2ccc(Cl)cc2Cl)o1. The van der Waals surface area contributed by atoms with Crippen molar-refractivity contribution in [2.24, 2.45) is 5.10 Å². The fourth-order valence-corrected chi connectivity index (χ4v) is 3.97. The first-order valence-corrected chi connectivity index (χ1v) is 11.0. The fraction of sp³-hybridized carbons (Fsp3) is 0.174. The van der Waals surface area contributed by atoms with E-state index in [1.54, 1.807) is 36.4 Å². The first-order valence-electron chi connectivity index (χ1n) is 9.46. The van der Waals surface area contributed by atoms with E-state index in [1.807, 2.05) is 32.9 Å². The van der Waals surface area contributed by atoms with Gasteiger partial charge in [-0.25, -0.2) is 4.98 Å². The molecule has 5 nitrogen and oxygen atoms in total. The lowest BCUT2D eigenvalue weighted by atomic mass is 9.95. The minimum Gasteiger partial charge on any atom is -0.455 e. The predicted molar refractivity (Wildman–Crippen MR) is 130 cm³/mol. The zero-order chi connectivity index (χ0) is 22.3. The molecule has 0 spiro atoms. The Hall–Kier alpha value is -2.41. The summed E-state index contributed by atoms with van der Waals surface area (Å²) in [7, 11) is 0. The Morgan fingerprint density at radius 3 is 2.58 bits per heavy atom. The van der Waals surface area contributed by atoms with E-state index < -0.39 is 5.41 Å². The topological polar surface area (TPSA) is 60.4 Å². The summed E-state index contributed by atoms with van der Waals surface area (Å²) >= 11 is 15.6. The summed E-state index contributed by atoms with van der Waals surface area (Å²) in [4.78, 5) is 17.9. The molecule has 158 valence electrons. The quantitative estimate of drug-likeness (QED) is 0.277. The summed E-state index contributed by atoms with van der Waals surface area (Å²) in [6, 6.07) is 14.2. The maximum atomic E-state index is 13.2. The van der Waals surface area contributed by atoms with E-state index in [0.717, 1.165) is 10.0 Å². The van der Waals surface area contributed by atoms with Gasteiger partial charge in [0.05, 0.1) is 22.1 Å². The van der Waals surface area contributed by atoms with Gasteiger partial charge in [-0.1, -0.05) is 59.9 Å². The summed E-state index contributed by atoms with van der Waals surface area (Å²) in [5.74, 6) is 1.60. The molecule has 2 aromatic carbocycles. The molecule has 0 unspecified atom stereocenters. The lowest BCUT2D eigenvalue weighted by Crippen LogP contribution is -2.29. The molecular weight excluding hydrogens is 501 g/mol. The number of aromatic nitrogens is 2. The van der Waals surface area contributed by atoms with Crippen molar-refractivity contribution in [3.05, 3.63) is 85.0 Å². The molecular formula is C23H18BrCl2N3O2. The molecule has 0 fully saturated rings. The van der Waals surface area contributed by atoms with Gasteiger partial charge in [-0.2, -0.15) is 9.78 Å². The normalized spacial score (nSPS) is 12.2. The molecule has 4 rings (SSSR count). The highest BCUT2D eigenvalue weighted by molar-refractivity contribution is 9.10. The lowest BCUT2D eigenvalue weighted by Gasteiger charge is -2.20. The Balaban J connectivity index is 1.79. The number of benzene rings is 2. The summed E-state index contributed by atoms with van der Waals surface area (Å²) in [5.41, 5.74) is 0.695. The molecule has 0 aliphatic rings. The third-order valence-electron chi connectivity index (χ3n) is 4.60. The maximum Gasteiger partial charge on any atom is 0.282 e. The fourth-order valence-electron chi connectivity index (χ4n) is 3.11. The number of fused-ring (bicyclic) bond motifs is 1. The van der Waals surface area contributed by atoms with Gasteiger partial charge >= 0.3 is 0 Å². The number of furan rings is 1. The van der Waals surface area contributed by atoms with Crippen LogP contribution >= 0.6 is 39.1 Å². The van der Waals surface area contributed by atoms with E-state index in [-0.39, 0.29) is 5.56 Å².